The molecule has 0 N–H and O–H groups in total. The summed E-state index contributed by atoms with van der Waals surface area (Å²) in [5, 5.41) is 0. The molecule has 0 aliphatic carbocycles. The Morgan fingerprint density at radius 1 is 0.610 bits per heavy atom. The molecule has 0 aromatic heterocycles. The Morgan fingerprint density at radius 3 is 0.932 bits per heavy atom. The molecule has 0 amide bonds. The number of hydrogen-bond donors (Lipinski definition) is 0. The second-order valence-electron chi connectivity index (χ2n) is 12.3. The maximum Gasteiger partial charge on any atom is 0.412 e. The van der Waals surface area contributed by atoms with Crippen molar-refractivity contribution in [2.75, 3.05) is 0 Å². The molecule has 1 nitrogen and oxygen atoms in total. The lowest BCUT2D eigenvalue weighted by Crippen LogP contribution is -2.18. The molecule has 0 aromatic carbocycles. The maximum absolute atomic E-state index is 11.5. The van der Waals surface area contributed by atoms with Crippen LogP contribution in [-0.4, -0.2) is 43.1 Å². The molecule has 0 aliphatic rings. The number of rotatable bonds is 8. The van der Waals surface area contributed by atoms with Gasteiger partial charge in [0.25, 0.3) is 12.5 Å². The number of carbonyl (C=O) groups is 1. The minimum absolute atomic E-state index is 0. The molecular weight excluding hydrogens is 824 g/mol. The van der Waals surface area contributed by atoms with Crippen LogP contribution in [-0.2, 0) is 4.79 Å². The third-order valence-electron chi connectivity index (χ3n) is 6.86. The van der Waals surface area contributed by atoms with Gasteiger partial charge < -0.3 is 4.79 Å². The van der Waals surface area contributed by atoms with Crippen LogP contribution in [0.15, 0.2) is 46.9 Å². The number of alkyl halides is 13. The molecular formula is C42H78F16O. The summed E-state index contributed by atoms with van der Waals surface area (Å²) in [6.07, 6.45) is -8.39. The first-order chi connectivity index (χ1) is 25.9. The normalized spacial score (nSPS) is 12.6. The standard InChI is InChI=1S/C5H9F3.C5H7F3.C5H10F2.2C5H8F2.C4H8F2.C4H9F.C4H7F.C4H8O.CH4/c2*1-3-4(2)5(6,7)8;3*1-3-4(2)5(6)7;1-3-4(2,5)6;3*1-3-4(2)5;/h4H,3H2,1-2H3;3H,1-2H3;4-5H,3H2,1-2H3;3H2,1-2H3;3,5H,1-2H3;3H2,1-2H3;4H,3H2,1-2H3;3H,1-2H3;3H2,1-2H3;1H4/b;4-3+;;;4-3+;;;4-3+;;. The molecule has 0 aliphatic heterocycles. The van der Waals surface area contributed by atoms with Gasteiger partial charge >= 0.3 is 12.4 Å². The van der Waals surface area contributed by atoms with Crippen molar-refractivity contribution in [1.29, 1.82) is 0 Å². The molecule has 0 spiro atoms. The number of ketones is 1. The topological polar surface area (TPSA) is 17.1 Å². The monoisotopic (exact) mass is 903 g/mol. The van der Waals surface area contributed by atoms with Crippen LogP contribution in [0, 0.1) is 11.8 Å². The van der Waals surface area contributed by atoms with E-state index in [1.807, 2.05) is 13.8 Å². The van der Waals surface area contributed by atoms with Crippen LogP contribution in [0.2, 0.25) is 0 Å². The zero-order chi connectivity index (χ0) is 49.2. The first kappa shape index (κ1) is 80.5. The highest BCUT2D eigenvalue weighted by Gasteiger charge is 2.34. The smallest absolute Gasteiger partial charge is 0.300 e. The molecule has 0 fully saturated rings. The molecule has 0 saturated heterocycles. The zero-order valence-corrected chi connectivity index (χ0v) is 37.8. The Labute approximate surface area is 347 Å². The van der Waals surface area contributed by atoms with Gasteiger partial charge in [-0.1, -0.05) is 81.0 Å². The molecule has 364 valence electrons. The van der Waals surface area contributed by atoms with Gasteiger partial charge in [0, 0.05) is 24.3 Å². The van der Waals surface area contributed by atoms with Gasteiger partial charge in [0.05, 0.1) is 17.9 Å². The minimum atomic E-state index is -4.13. The van der Waals surface area contributed by atoms with Gasteiger partial charge in [0.15, 0.2) is 0 Å². The van der Waals surface area contributed by atoms with Crippen molar-refractivity contribution >= 4 is 5.78 Å². The van der Waals surface area contributed by atoms with E-state index in [9.17, 15) is 75.0 Å². The average molecular weight is 903 g/mol. The second-order valence-corrected chi connectivity index (χ2v) is 12.3. The highest BCUT2D eigenvalue weighted by Crippen LogP contribution is 2.27. The van der Waals surface area contributed by atoms with Gasteiger partial charge in [-0.15, -0.1) is 0 Å². The van der Waals surface area contributed by atoms with E-state index in [0.717, 1.165) is 19.9 Å². The summed E-state index contributed by atoms with van der Waals surface area (Å²) < 4.78 is 182. The highest BCUT2D eigenvalue weighted by molar-refractivity contribution is 5.74. The van der Waals surface area contributed by atoms with E-state index < -0.39 is 60.8 Å². The summed E-state index contributed by atoms with van der Waals surface area (Å²) in [6, 6.07) is 0. The summed E-state index contributed by atoms with van der Waals surface area (Å²) >= 11 is 0. The van der Waals surface area contributed by atoms with E-state index in [0.29, 0.717) is 25.7 Å². The molecule has 17 heteroatoms. The SMILES string of the molecule is C.C/C=C(\C)C(F)(F)F.C/C=C(\C)C(F)F.C/C=C(\C)F.CCC(C)(F)F.CCC(C)=C(F)F.CCC(C)=O.CCC(C)C(F)(F)F.CCC(C)C(F)F.CCC(C)F. The minimum Gasteiger partial charge on any atom is -0.300 e. The van der Waals surface area contributed by atoms with E-state index in [-0.39, 0.29) is 43.0 Å². The fourth-order valence-corrected chi connectivity index (χ4v) is 0.833. The average Bonchev–Trinajstić information content (AvgIpc) is 3.13. The Hall–Kier alpha value is -2.49. The predicted octanol–water partition coefficient (Wildman–Crippen LogP) is 19.5. The molecule has 59 heavy (non-hydrogen) atoms. The lowest BCUT2D eigenvalue weighted by molar-refractivity contribution is -0.170. The van der Waals surface area contributed by atoms with Crippen LogP contribution in [0.1, 0.15) is 171 Å². The molecule has 0 bridgehead atoms. The van der Waals surface area contributed by atoms with Crippen molar-refractivity contribution in [3.05, 3.63) is 46.9 Å². The third-order valence-corrected chi connectivity index (χ3v) is 6.86. The molecule has 0 aromatic rings. The molecule has 0 rings (SSSR count). The predicted molar refractivity (Wildman–Crippen MR) is 217 cm³/mol. The summed E-state index contributed by atoms with van der Waals surface area (Å²) in [6.45, 7) is 26.8. The number of halogens is 16. The Morgan fingerprint density at radius 2 is 0.932 bits per heavy atom. The molecule has 0 radical (unpaired) electrons. The van der Waals surface area contributed by atoms with Gasteiger partial charge in [-0.2, -0.15) is 35.1 Å². The second kappa shape index (κ2) is 49.9. The lowest BCUT2D eigenvalue weighted by Gasteiger charge is -2.11. The highest BCUT2D eigenvalue weighted by atomic mass is 19.4. The van der Waals surface area contributed by atoms with E-state index in [1.54, 1.807) is 48.5 Å². The number of carbonyl (C=O) groups excluding carboxylic acids is 1. The van der Waals surface area contributed by atoms with Gasteiger partial charge in [-0.3, -0.25) is 0 Å². The summed E-state index contributed by atoms with van der Waals surface area (Å²) in [5.41, 5.74) is -0.225. The molecule has 0 saturated carbocycles. The van der Waals surface area contributed by atoms with Gasteiger partial charge in [0.1, 0.15) is 5.78 Å². The largest absolute Gasteiger partial charge is 0.412 e. The number of Topliss-reactive ketones (excluding diaryl/α,β-unsaturated/α-hetero) is 1. The fourth-order valence-electron chi connectivity index (χ4n) is 0.833. The Bertz CT molecular complexity index is 996. The van der Waals surface area contributed by atoms with Crippen LogP contribution in [0.4, 0.5) is 70.2 Å². The summed E-state index contributed by atoms with van der Waals surface area (Å²) in [5.74, 6) is -3.91. The van der Waals surface area contributed by atoms with E-state index >= 15 is 0 Å². The van der Waals surface area contributed by atoms with Gasteiger partial charge in [0.2, 0.25) is 12.3 Å². The summed E-state index contributed by atoms with van der Waals surface area (Å²) in [7, 11) is 0. The van der Waals surface area contributed by atoms with Crippen LogP contribution >= 0.6 is 0 Å². The van der Waals surface area contributed by atoms with Gasteiger partial charge in [-0.25, -0.2) is 35.1 Å². The van der Waals surface area contributed by atoms with E-state index in [4.69, 9.17) is 0 Å². The first-order valence-corrected chi connectivity index (χ1v) is 18.6. The van der Waals surface area contributed by atoms with E-state index in [1.165, 1.54) is 60.6 Å². The van der Waals surface area contributed by atoms with Crippen LogP contribution < -0.4 is 0 Å². The Balaban J connectivity index is -0.0000000574. The van der Waals surface area contributed by atoms with Crippen molar-refractivity contribution in [2.45, 2.75) is 208 Å². The van der Waals surface area contributed by atoms with Crippen molar-refractivity contribution in [3.8, 4) is 0 Å². The molecule has 3 atom stereocenters. The van der Waals surface area contributed by atoms with Crippen molar-refractivity contribution in [3.63, 3.8) is 0 Å². The van der Waals surface area contributed by atoms with E-state index in [2.05, 4.69) is 0 Å². The van der Waals surface area contributed by atoms with Crippen molar-refractivity contribution < 1.29 is 75.0 Å². The van der Waals surface area contributed by atoms with Crippen LogP contribution in [0.5, 0.6) is 0 Å². The van der Waals surface area contributed by atoms with Crippen LogP contribution in [0.3, 0.4) is 0 Å². The number of hydrogen-bond acceptors (Lipinski definition) is 1. The molecule has 0 heterocycles. The number of allylic oxidation sites excluding steroid dienone is 7. The fraction of sp³-hybridized carbons (Fsp3) is 0.786. The lowest BCUT2D eigenvalue weighted by atomic mass is 10.1. The Kier molecular flexibility index (Phi) is 68.0. The summed E-state index contributed by atoms with van der Waals surface area (Å²) in [4.78, 5) is 9.81. The van der Waals surface area contributed by atoms with Crippen molar-refractivity contribution in [2.24, 2.45) is 11.8 Å². The van der Waals surface area contributed by atoms with Crippen LogP contribution in [0.25, 0.3) is 0 Å². The van der Waals surface area contributed by atoms with Crippen molar-refractivity contribution in [1.82, 2.24) is 0 Å². The van der Waals surface area contributed by atoms with Gasteiger partial charge in [-0.05, 0) is 106 Å². The molecule has 3 unspecified atom stereocenters. The third kappa shape index (κ3) is 96.9. The first-order valence-electron chi connectivity index (χ1n) is 18.6. The maximum atomic E-state index is 11.5. The zero-order valence-electron chi connectivity index (χ0n) is 37.8. The quantitative estimate of drug-likeness (QED) is 0.175.